The van der Waals surface area contributed by atoms with Crippen LogP contribution < -0.4 is 4.74 Å². The van der Waals surface area contributed by atoms with Gasteiger partial charge in [0.1, 0.15) is 5.75 Å². The van der Waals surface area contributed by atoms with Gasteiger partial charge in [-0.2, -0.15) is 0 Å². The van der Waals surface area contributed by atoms with Gasteiger partial charge in [0.2, 0.25) is 0 Å². The van der Waals surface area contributed by atoms with E-state index in [1.54, 1.807) is 6.92 Å². The fourth-order valence-corrected chi connectivity index (χ4v) is 2.93. The molecule has 0 saturated heterocycles. The van der Waals surface area contributed by atoms with Crippen LogP contribution >= 0.6 is 0 Å². The molecule has 0 aromatic heterocycles. The molecular formula is C21H34O3. The molecule has 0 heterocycles. The molecule has 0 spiro atoms. The van der Waals surface area contributed by atoms with Crippen LogP contribution in [0, 0.1) is 0 Å². The van der Waals surface area contributed by atoms with E-state index < -0.39 is 6.16 Å². The third-order valence-corrected chi connectivity index (χ3v) is 4.27. The zero-order valence-electron chi connectivity index (χ0n) is 15.7. The lowest BCUT2D eigenvalue weighted by Gasteiger charge is -2.15. The Labute approximate surface area is 147 Å². The van der Waals surface area contributed by atoms with E-state index >= 15 is 0 Å². The average Bonchev–Trinajstić information content (AvgIpc) is 2.57. The van der Waals surface area contributed by atoms with Gasteiger partial charge in [0, 0.05) is 0 Å². The second-order valence-electron chi connectivity index (χ2n) is 6.30. The molecule has 0 N–H and O–H groups in total. The van der Waals surface area contributed by atoms with Crippen LogP contribution in [-0.4, -0.2) is 12.8 Å². The molecule has 3 heteroatoms. The van der Waals surface area contributed by atoms with Gasteiger partial charge >= 0.3 is 6.16 Å². The van der Waals surface area contributed by atoms with Gasteiger partial charge in [0.25, 0.3) is 0 Å². The lowest BCUT2D eigenvalue weighted by atomic mass is 9.96. The molecule has 0 aliphatic rings. The zero-order valence-corrected chi connectivity index (χ0v) is 15.7. The molecule has 3 nitrogen and oxygen atoms in total. The predicted molar refractivity (Wildman–Crippen MR) is 99.8 cm³/mol. The van der Waals surface area contributed by atoms with Gasteiger partial charge in [-0.05, 0) is 49.8 Å². The molecule has 0 saturated carbocycles. The van der Waals surface area contributed by atoms with E-state index in [2.05, 4.69) is 19.9 Å². The number of unbranched alkanes of at least 4 members (excludes halogenated alkanes) is 6. The number of ether oxygens (including phenoxy) is 2. The molecule has 0 unspecified atom stereocenters. The quantitative estimate of drug-likeness (QED) is 0.250. The Morgan fingerprint density at radius 1 is 0.875 bits per heavy atom. The van der Waals surface area contributed by atoms with Crippen molar-refractivity contribution in [3.8, 4) is 5.75 Å². The molecule has 1 rings (SSSR count). The Hall–Kier alpha value is -1.51. The number of carbonyl (C=O) groups excluding carboxylic acids is 1. The lowest BCUT2D eigenvalue weighted by molar-refractivity contribution is 0.104. The van der Waals surface area contributed by atoms with Crippen molar-refractivity contribution < 1.29 is 14.3 Å². The van der Waals surface area contributed by atoms with Crippen LogP contribution in [0.5, 0.6) is 5.75 Å². The highest BCUT2D eigenvalue weighted by Crippen LogP contribution is 2.27. The SMILES string of the molecule is CCCCCCc1cccc(OC(=O)OCC)c1CCCCCC. The van der Waals surface area contributed by atoms with Gasteiger partial charge in [-0.1, -0.05) is 64.5 Å². The minimum absolute atomic E-state index is 0.335. The van der Waals surface area contributed by atoms with E-state index in [0.29, 0.717) is 12.4 Å². The summed E-state index contributed by atoms with van der Waals surface area (Å²) in [5, 5.41) is 0. The number of carbonyl (C=O) groups is 1. The van der Waals surface area contributed by atoms with Crippen molar-refractivity contribution in [1.82, 2.24) is 0 Å². The molecule has 1 aromatic carbocycles. The molecule has 0 bridgehead atoms. The van der Waals surface area contributed by atoms with Gasteiger partial charge in [-0.3, -0.25) is 0 Å². The highest BCUT2D eigenvalue weighted by molar-refractivity contribution is 5.64. The van der Waals surface area contributed by atoms with Gasteiger partial charge in [0.15, 0.2) is 0 Å². The molecule has 1 aromatic rings. The minimum atomic E-state index is -0.601. The maximum Gasteiger partial charge on any atom is 0.513 e. The monoisotopic (exact) mass is 334 g/mol. The van der Waals surface area contributed by atoms with E-state index in [0.717, 1.165) is 19.3 Å². The van der Waals surface area contributed by atoms with Crippen molar-refractivity contribution in [2.24, 2.45) is 0 Å². The third kappa shape index (κ3) is 7.85. The molecular weight excluding hydrogens is 300 g/mol. The van der Waals surface area contributed by atoms with Crippen LogP contribution in [0.15, 0.2) is 18.2 Å². The molecule has 136 valence electrons. The number of rotatable bonds is 12. The summed E-state index contributed by atoms with van der Waals surface area (Å²) in [6, 6.07) is 6.06. The van der Waals surface area contributed by atoms with Crippen LogP contribution in [0.4, 0.5) is 4.79 Å². The fourth-order valence-electron chi connectivity index (χ4n) is 2.93. The molecule has 24 heavy (non-hydrogen) atoms. The maximum absolute atomic E-state index is 11.7. The highest BCUT2D eigenvalue weighted by Gasteiger charge is 2.13. The molecule has 0 aliphatic heterocycles. The standard InChI is InChI=1S/C21H34O3/c1-4-7-9-11-14-18-15-13-17-20(24-21(22)23-6-3)19(18)16-12-10-8-5-2/h13,15,17H,4-12,14,16H2,1-3H3. The molecule has 0 radical (unpaired) electrons. The van der Waals surface area contributed by atoms with Crippen molar-refractivity contribution in [3.63, 3.8) is 0 Å². The van der Waals surface area contributed by atoms with Gasteiger partial charge < -0.3 is 9.47 Å². The van der Waals surface area contributed by atoms with E-state index in [4.69, 9.17) is 9.47 Å². The largest absolute Gasteiger partial charge is 0.513 e. The highest BCUT2D eigenvalue weighted by atomic mass is 16.7. The van der Waals surface area contributed by atoms with Gasteiger partial charge in [-0.25, -0.2) is 4.79 Å². The average molecular weight is 335 g/mol. The van der Waals surface area contributed by atoms with Crippen molar-refractivity contribution in [2.45, 2.75) is 85.0 Å². The first-order chi connectivity index (χ1) is 11.7. The molecule has 0 aliphatic carbocycles. The Bertz CT molecular complexity index is 468. The second-order valence-corrected chi connectivity index (χ2v) is 6.30. The normalized spacial score (nSPS) is 10.6. The Morgan fingerprint density at radius 3 is 2.17 bits per heavy atom. The predicted octanol–water partition coefficient (Wildman–Crippen LogP) is 6.47. The van der Waals surface area contributed by atoms with Gasteiger partial charge in [-0.15, -0.1) is 0 Å². The van der Waals surface area contributed by atoms with Crippen LogP contribution in [0.25, 0.3) is 0 Å². The van der Waals surface area contributed by atoms with Crippen molar-refractivity contribution in [2.75, 3.05) is 6.61 Å². The van der Waals surface area contributed by atoms with Crippen LogP contribution in [0.3, 0.4) is 0 Å². The summed E-state index contributed by atoms with van der Waals surface area (Å²) < 4.78 is 10.4. The summed E-state index contributed by atoms with van der Waals surface area (Å²) in [4.78, 5) is 11.7. The number of benzene rings is 1. The number of hydrogen-bond acceptors (Lipinski definition) is 3. The zero-order chi connectivity index (χ0) is 17.6. The van der Waals surface area contributed by atoms with Crippen LogP contribution in [0.2, 0.25) is 0 Å². The maximum atomic E-state index is 11.7. The smallest absolute Gasteiger partial charge is 0.434 e. The Morgan fingerprint density at radius 2 is 1.54 bits per heavy atom. The summed E-state index contributed by atoms with van der Waals surface area (Å²) >= 11 is 0. The molecule has 0 amide bonds. The van der Waals surface area contributed by atoms with Crippen molar-refractivity contribution >= 4 is 6.16 Å². The number of hydrogen-bond donors (Lipinski definition) is 0. The lowest BCUT2D eigenvalue weighted by Crippen LogP contribution is -2.12. The Kier molecular flexibility index (Phi) is 11.0. The van der Waals surface area contributed by atoms with Crippen LogP contribution in [-0.2, 0) is 17.6 Å². The molecule has 0 fully saturated rings. The van der Waals surface area contributed by atoms with E-state index in [1.807, 2.05) is 12.1 Å². The summed E-state index contributed by atoms with van der Waals surface area (Å²) in [5.74, 6) is 0.679. The van der Waals surface area contributed by atoms with E-state index in [-0.39, 0.29) is 0 Å². The van der Waals surface area contributed by atoms with E-state index in [1.165, 1.54) is 56.1 Å². The topological polar surface area (TPSA) is 35.5 Å². The van der Waals surface area contributed by atoms with Crippen LogP contribution in [0.1, 0.15) is 83.3 Å². The second kappa shape index (κ2) is 12.9. The minimum Gasteiger partial charge on any atom is -0.434 e. The third-order valence-electron chi connectivity index (χ3n) is 4.27. The molecule has 0 atom stereocenters. The fraction of sp³-hybridized carbons (Fsp3) is 0.667. The van der Waals surface area contributed by atoms with Crippen molar-refractivity contribution in [3.05, 3.63) is 29.3 Å². The first kappa shape index (κ1) is 20.5. The summed E-state index contributed by atoms with van der Waals surface area (Å²) in [6.45, 7) is 6.57. The number of aryl methyl sites for hydroxylation is 1. The summed E-state index contributed by atoms with van der Waals surface area (Å²) in [7, 11) is 0. The summed E-state index contributed by atoms with van der Waals surface area (Å²) in [6.07, 6.45) is 11.3. The summed E-state index contributed by atoms with van der Waals surface area (Å²) in [5.41, 5.74) is 2.52. The Balaban J connectivity index is 2.80. The first-order valence-electron chi connectivity index (χ1n) is 9.68. The van der Waals surface area contributed by atoms with Gasteiger partial charge in [0.05, 0.1) is 6.61 Å². The first-order valence-corrected chi connectivity index (χ1v) is 9.68. The van der Waals surface area contributed by atoms with E-state index in [9.17, 15) is 4.79 Å². The van der Waals surface area contributed by atoms with Crippen molar-refractivity contribution in [1.29, 1.82) is 0 Å².